The van der Waals surface area contributed by atoms with Crippen molar-refractivity contribution >= 4 is 17.2 Å². The molecule has 0 aliphatic rings. The number of anilines is 2. The normalized spacial score (nSPS) is 10.7. The van der Waals surface area contributed by atoms with Gasteiger partial charge in [-0.05, 0) is 25.1 Å². The number of nitrogens with zero attached hydrogens (tertiary/aromatic N) is 1. The SMILES string of the molecule is CC(=O)c1cc(N(CCO)CC(F)F)ccc1N. The summed E-state index contributed by atoms with van der Waals surface area (Å²) >= 11 is 0. The number of rotatable bonds is 6. The van der Waals surface area contributed by atoms with Crippen LogP contribution in [0.2, 0.25) is 0 Å². The van der Waals surface area contributed by atoms with Crippen LogP contribution in [0.15, 0.2) is 18.2 Å². The van der Waals surface area contributed by atoms with Gasteiger partial charge in [-0.2, -0.15) is 0 Å². The average Bonchev–Trinajstić information content (AvgIpc) is 2.28. The summed E-state index contributed by atoms with van der Waals surface area (Å²) in [5, 5.41) is 8.87. The van der Waals surface area contributed by atoms with E-state index in [0.717, 1.165) is 0 Å². The van der Waals surface area contributed by atoms with Crippen molar-refractivity contribution in [2.75, 3.05) is 30.3 Å². The molecule has 4 nitrogen and oxygen atoms in total. The van der Waals surface area contributed by atoms with Gasteiger partial charge in [0.05, 0.1) is 13.2 Å². The molecule has 0 heterocycles. The maximum atomic E-state index is 12.4. The number of nitrogen functional groups attached to an aromatic ring is 1. The van der Waals surface area contributed by atoms with E-state index in [4.69, 9.17) is 10.8 Å². The number of aliphatic hydroxyl groups excluding tert-OH is 1. The molecule has 0 bridgehead atoms. The summed E-state index contributed by atoms with van der Waals surface area (Å²) in [6.45, 7) is 0.693. The summed E-state index contributed by atoms with van der Waals surface area (Å²) < 4.78 is 24.8. The summed E-state index contributed by atoms with van der Waals surface area (Å²) in [6.07, 6.45) is -2.52. The number of hydrogen-bond donors (Lipinski definition) is 2. The van der Waals surface area contributed by atoms with Crippen LogP contribution in [0, 0.1) is 0 Å². The van der Waals surface area contributed by atoms with Crippen LogP contribution in [-0.2, 0) is 0 Å². The lowest BCUT2D eigenvalue weighted by atomic mass is 10.1. The first-order chi connectivity index (χ1) is 8.45. The first-order valence-electron chi connectivity index (χ1n) is 5.50. The minimum atomic E-state index is -2.52. The van der Waals surface area contributed by atoms with Gasteiger partial charge in [-0.15, -0.1) is 0 Å². The van der Waals surface area contributed by atoms with E-state index in [0.29, 0.717) is 16.9 Å². The Morgan fingerprint density at radius 2 is 2.17 bits per heavy atom. The van der Waals surface area contributed by atoms with Crippen LogP contribution in [0.5, 0.6) is 0 Å². The van der Waals surface area contributed by atoms with Crippen molar-refractivity contribution in [3.8, 4) is 0 Å². The van der Waals surface area contributed by atoms with E-state index in [1.807, 2.05) is 0 Å². The van der Waals surface area contributed by atoms with E-state index in [1.165, 1.54) is 24.0 Å². The van der Waals surface area contributed by atoms with Crippen LogP contribution in [0.4, 0.5) is 20.2 Å². The van der Waals surface area contributed by atoms with E-state index >= 15 is 0 Å². The highest BCUT2D eigenvalue weighted by Gasteiger charge is 2.14. The summed E-state index contributed by atoms with van der Waals surface area (Å²) in [5.74, 6) is -0.227. The van der Waals surface area contributed by atoms with E-state index in [-0.39, 0.29) is 18.9 Å². The van der Waals surface area contributed by atoms with Crippen LogP contribution >= 0.6 is 0 Å². The molecule has 0 aliphatic heterocycles. The molecule has 0 aromatic heterocycles. The topological polar surface area (TPSA) is 66.6 Å². The molecule has 0 radical (unpaired) electrons. The number of Topliss-reactive ketones (excluding diaryl/α,β-unsaturated/α-hetero) is 1. The van der Waals surface area contributed by atoms with Gasteiger partial charge in [0, 0.05) is 23.5 Å². The van der Waals surface area contributed by atoms with Crippen molar-refractivity contribution in [1.82, 2.24) is 0 Å². The third-order valence-corrected chi connectivity index (χ3v) is 2.51. The molecule has 1 aromatic carbocycles. The maximum absolute atomic E-state index is 12.4. The van der Waals surface area contributed by atoms with Gasteiger partial charge in [-0.1, -0.05) is 0 Å². The maximum Gasteiger partial charge on any atom is 0.255 e. The van der Waals surface area contributed by atoms with Crippen molar-refractivity contribution < 1.29 is 18.7 Å². The first kappa shape index (κ1) is 14.4. The molecule has 0 spiro atoms. The minimum Gasteiger partial charge on any atom is -0.398 e. The van der Waals surface area contributed by atoms with E-state index in [1.54, 1.807) is 6.07 Å². The lowest BCUT2D eigenvalue weighted by molar-refractivity contribution is 0.101. The molecule has 0 saturated heterocycles. The Kier molecular flexibility index (Phi) is 5.03. The average molecular weight is 258 g/mol. The highest BCUT2D eigenvalue weighted by molar-refractivity contribution is 6.00. The summed E-state index contributed by atoms with van der Waals surface area (Å²) in [4.78, 5) is 12.6. The van der Waals surface area contributed by atoms with Gasteiger partial charge < -0.3 is 15.7 Å². The van der Waals surface area contributed by atoms with Crippen molar-refractivity contribution in [2.45, 2.75) is 13.3 Å². The number of alkyl halides is 2. The van der Waals surface area contributed by atoms with Gasteiger partial charge in [-0.3, -0.25) is 4.79 Å². The van der Waals surface area contributed by atoms with Gasteiger partial charge in [0.25, 0.3) is 6.43 Å². The summed E-state index contributed by atoms with van der Waals surface area (Å²) in [5.41, 5.74) is 6.69. The fourth-order valence-corrected chi connectivity index (χ4v) is 1.66. The van der Waals surface area contributed by atoms with Crippen LogP contribution in [0.3, 0.4) is 0 Å². The lowest BCUT2D eigenvalue weighted by Crippen LogP contribution is -2.31. The van der Waals surface area contributed by atoms with E-state index < -0.39 is 13.0 Å². The van der Waals surface area contributed by atoms with Gasteiger partial charge in [-0.25, -0.2) is 8.78 Å². The number of carbonyl (C=O) groups is 1. The van der Waals surface area contributed by atoms with E-state index in [2.05, 4.69) is 0 Å². The number of carbonyl (C=O) groups excluding carboxylic acids is 1. The Morgan fingerprint density at radius 1 is 1.50 bits per heavy atom. The molecular weight excluding hydrogens is 242 g/mol. The van der Waals surface area contributed by atoms with Crippen LogP contribution in [0.1, 0.15) is 17.3 Å². The number of aliphatic hydroxyl groups is 1. The zero-order valence-corrected chi connectivity index (χ0v) is 10.1. The predicted octanol–water partition coefficient (Wildman–Crippen LogP) is 1.54. The third-order valence-electron chi connectivity index (χ3n) is 2.51. The number of halogens is 2. The fraction of sp³-hybridized carbons (Fsp3) is 0.417. The molecule has 0 unspecified atom stereocenters. The fourth-order valence-electron chi connectivity index (χ4n) is 1.66. The molecule has 0 aliphatic carbocycles. The van der Waals surface area contributed by atoms with Gasteiger partial charge >= 0.3 is 0 Å². The third kappa shape index (κ3) is 3.66. The summed E-state index contributed by atoms with van der Waals surface area (Å²) in [6, 6.07) is 4.53. The predicted molar refractivity (Wildman–Crippen MR) is 66.2 cm³/mol. The Bertz CT molecular complexity index is 425. The highest BCUT2D eigenvalue weighted by atomic mass is 19.3. The minimum absolute atomic E-state index is 0.0750. The number of benzene rings is 1. The van der Waals surface area contributed by atoms with Crippen molar-refractivity contribution in [3.63, 3.8) is 0 Å². The smallest absolute Gasteiger partial charge is 0.255 e. The highest BCUT2D eigenvalue weighted by Crippen LogP contribution is 2.22. The molecule has 3 N–H and O–H groups in total. The zero-order chi connectivity index (χ0) is 13.7. The second-order valence-electron chi connectivity index (χ2n) is 3.89. The molecule has 0 amide bonds. The van der Waals surface area contributed by atoms with Gasteiger partial charge in [0.1, 0.15) is 0 Å². The largest absolute Gasteiger partial charge is 0.398 e. The Hall–Kier alpha value is -1.69. The monoisotopic (exact) mass is 258 g/mol. The second-order valence-corrected chi connectivity index (χ2v) is 3.89. The standard InChI is InChI=1S/C12H16F2N2O2/c1-8(18)10-6-9(2-3-11(10)15)16(4-5-17)7-12(13)14/h2-3,6,12,17H,4-5,7,15H2,1H3. The molecule has 0 saturated carbocycles. The first-order valence-corrected chi connectivity index (χ1v) is 5.50. The van der Waals surface area contributed by atoms with Crippen LogP contribution < -0.4 is 10.6 Å². The number of nitrogens with two attached hydrogens (primary N) is 1. The van der Waals surface area contributed by atoms with Gasteiger partial charge in [0.15, 0.2) is 5.78 Å². The summed E-state index contributed by atoms with van der Waals surface area (Å²) in [7, 11) is 0. The Balaban J connectivity index is 3.04. The Morgan fingerprint density at radius 3 is 2.67 bits per heavy atom. The van der Waals surface area contributed by atoms with E-state index in [9.17, 15) is 13.6 Å². The molecule has 0 atom stereocenters. The molecule has 0 fully saturated rings. The molecule has 100 valence electrons. The zero-order valence-electron chi connectivity index (χ0n) is 10.1. The van der Waals surface area contributed by atoms with Crippen LogP contribution in [-0.4, -0.2) is 37.0 Å². The van der Waals surface area contributed by atoms with Crippen molar-refractivity contribution in [1.29, 1.82) is 0 Å². The quantitative estimate of drug-likeness (QED) is 0.600. The molecule has 1 aromatic rings. The molecule has 1 rings (SSSR count). The van der Waals surface area contributed by atoms with Crippen molar-refractivity contribution in [2.24, 2.45) is 0 Å². The molecule has 18 heavy (non-hydrogen) atoms. The lowest BCUT2D eigenvalue weighted by Gasteiger charge is -2.24. The number of hydrogen-bond acceptors (Lipinski definition) is 4. The van der Waals surface area contributed by atoms with Crippen LogP contribution in [0.25, 0.3) is 0 Å². The second kappa shape index (κ2) is 6.30. The molecular formula is C12H16F2N2O2. The molecule has 6 heteroatoms. The number of ketones is 1. The van der Waals surface area contributed by atoms with Gasteiger partial charge in [0.2, 0.25) is 0 Å². The van der Waals surface area contributed by atoms with Crippen molar-refractivity contribution in [3.05, 3.63) is 23.8 Å². The Labute approximate surface area is 104 Å².